The van der Waals surface area contributed by atoms with Crippen LogP contribution in [0.3, 0.4) is 0 Å². The Morgan fingerprint density at radius 1 is 1.19 bits per heavy atom. The van der Waals surface area contributed by atoms with E-state index in [9.17, 15) is 0 Å². The van der Waals surface area contributed by atoms with E-state index in [0.29, 0.717) is 24.9 Å². The number of rotatable bonds is 4. The van der Waals surface area contributed by atoms with Gasteiger partial charge in [-0.15, -0.1) is 5.10 Å². The van der Waals surface area contributed by atoms with Crippen LogP contribution in [0.5, 0.6) is 5.88 Å². The lowest BCUT2D eigenvalue weighted by atomic mass is 9.90. The molecule has 9 heteroatoms. The number of hydrogen-bond donors (Lipinski definition) is 1. The Labute approximate surface area is 178 Å². The number of pyridine rings is 1. The molecule has 2 aliphatic rings. The largest absolute Gasteiger partial charge is 0.473 e. The van der Waals surface area contributed by atoms with E-state index in [2.05, 4.69) is 26.9 Å². The molecule has 2 N–H and O–H groups in total. The third-order valence-corrected chi connectivity index (χ3v) is 6.07. The number of aromatic nitrogens is 4. The van der Waals surface area contributed by atoms with E-state index in [1.165, 1.54) is 0 Å². The molecular formula is C22H24N6O3. The number of ether oxygens (including phenoxy) is 2. The van der Waals surface area contributed by atoms with Crippen LogP contribution in [0.1, 0.15) is 19.8 Å². The second kappa shape index (κ2) is 7.21. The molecule has 0 bridgehead atoms. The van der Waals surface area contributed by atoms with E-state index in [1.54, 1.807) is 16.9 Å². The molecule has 1 atom stereocenters. The highest BCUT2D eigenvalue weighted by molar-refractivity contribution is 5.92. The second-order valence-corrected chi connectivity index (χ2v) is 8.33. The lowest BCUT2D eigenvalue weighted by molar-refractivity contribution is 0.0944. The second-order valence-electron chi connectivity index (χ2n) is 8.33. The van der Waals surface area contributed by atoms with Crippen molar-refractivity contribution in [1.29, 1.82) is 0 Å². The van der Waals surface area contributed by atoms with E-state index >= 15 is 0 Å². The van der Waals surface area contributed by atoms with Crippen LogP contribution in [0.2, 0.25) is 0 Å². The zero-order valence-electron chi connectivity index (χ0n) is 17.3. The van der Waals surface area contributed by atoms with Crippen LogP contribution in [-0.4, -0.2) is 57.5 Å². The number of nitrogens with two attached hydrogens (primary N) is 1. The van der Waals surface area contributed by atoms with Crippen molar-refractivity contribution < 1.29 is 13.9 Å². The number of nitrogens with zero attached hydrogens (tertiary/aromatic N) is 5. The minimum atomic E-state index is 0.127. The van der Waals surface area contributed by atoms with Gasteiger partial charge in [-0.25, -0.2) is 14.5 Å². The highest BCUT2D eigenvalue weighted by Crippen LogP contribution is 2.34. The zero-order chi connectivity index (χ0) is 20.9. The van der Waals surface area contributed by atoms with Gasteiger partial charge in [0.15, 0.2) is 11.4 Å². The van der Waals surface area contributed by atoms with Gasteiger partial charge in [0.2, 0.25) is 5.88 Å². The van der Waals surface area contributed by atoms with E-state index in [0.717, 1.165) is 47.5 Å². The maximum Gasteiger partial charge on any atom is 0.232 e. The maximum absolute atomic E-state index is 6.20. The van der Waals surface area contributed by atoms with Gasteiger partial charge in [0, 0.05) is 24.8 Å². The first kappa shape index (κ1) is 18.6. The van der Waals surface area contributed by atoms with Gasteiger partial charge in [0.1, 0.15) is 23.2 Å². The molecule has 6 rings (SSSR count). The van der Waals surface area contributed by atoms with E-state index in [4.69, 9.17) is 19.6 Å². The van der Waals surface area contributed by atoms with Gasteiger partial charge in [0.25, 0.3) is 0 Å². The Kier molecular flexibility index (Phi) is 4.32. The molecule has 31 heavy (non-hydrogen) atoms. The minimum Gasteiger partial charge on any atom is -0.473 e. The van der Waals surface area contributed by atoms with Gasteiger partial charge in [-0.2, -0.15) is 0 Å². The predicted octanol–water partition coefficient (Wildman–Crippen LogP) is 2.63. The van der Waals surface area contributed by atoms with Crippen molar-refractivity contribution in [2.24, 2.45) is 5.73 Å². The first-order chi connectivity index (χ1) is 15.2. The van der Waals surface area contributed by atoms with Crippen molar-refractivity contribution in [2.45, 2.75) is 38.0 Å². The van der Waals surface area contributed by atoms with Crippen molar-refractivity contribution in [3.05, 3.63) is 36.7 Å². The van der Waals surface area contributed by atoms with Gasteiger partial charge >= 0.3 is 0 Å². The molecule has 0 unspecified atom stereocenters. The average Bonchev–Trinajstić information content (AvgIpc) is 3.36. The third-order valence-electron chi connectivity index (χ3n) is 6.07. The minimum absolute atomic E-state index is 0.127. The smallest absolute Gasteiger partial charge is 0.232 e. The topological polar surface area (TPSA) is 104 Å². The van der Waals surface area contributed by atoms with Crippen LogP contribution in [0.15, 0.2) is 41.1 Å². The first-order valence-electron chi connectivity index (χ1n) is 10.7. The number of hydrogen-bond acceptors (Lipinski definition) is 8. The number of morpholine rings is 1. The van der Waals surface area contributed by atoms with Crippen LogP contribution >= 0.6 is 0 Å². The van der Waals surface area contributed by atoms with Crippen molar-refractivity contribution in [3.8, 4) is 17.3 Å². The molecule has 0 radical (unpaired) electrons. The Hall–Kier alpha value is -3.17. The number of fused-ring (bicyclic) bond motifs is 2. The molecule has 1 aliphatic carbocycles. The molecule has 0 spiro atoms. The molecule has 1 aliphatic heterocycles. The first-order valence-corrected chi connectivity index (χ1v) is 10.7. The van der Waals surface area contributed by atoms with Crippen molar-refractivity contribution in [3.63, 3.8) is 0 Å². The molecule has 0 aromatic carbocycles. The summed E-state index contributed by atoms with van der Waals surface area (Å²) in [6.07, 6.45) is 5.40. The van der Waals surface area contributed by atoms with E-state index < -0.39 is 0 Å². The summed E-state index contributed by atoms with van der Waals surface area (Å²) in [4.78, 5) is 11.4. The normalized spacial score (nSPS) is 23.9. The highest BCUT2D eigenvalue weighted by Gasteiger charge is 2.28. The zero-order valence-corrected chi connectivity index (χ0v) is 17.3. The number of furan rings is 1. The lowest BCUT2D eigenvalue weighted by Gasteiger charge is -2.34. The molecule has 1 saturated carbocycles. The fourth-order valence-corrected chi connectivity index (χ4v) is 4.31. The SMILES string of the molecule is C[C@H]1COCCN1c1nccc2oc(-c3cnc4ccc(OC5CC(N)C5)nn34)cc12. The number of imidazole rings is 1. The lowest BCUT2D eigenvalue weighted by Crippen LogP contribution is -2.44. The molecular weight excluding hydrogens is 396 g/mol. The van der Waals surface area contributed by atoms with Gasteiger partial charge in [-0.05, 0) is 38.0 Å². The van der Waals surface area contributed by atoms with Gasteiger partial charge in [0.05, 0.1) is 30.8 Å². The van der Waals surface area contributed by atoms with Gasteiger partial charge in [-0.3, -0.25) is 0 Å². The molecule has 2 fully saturated rings. The molecule has 4 aromatic heterocycles. The summed E-state index contributed by atoms with van der Waals surface area (Å²) in [5, 5.41) is 5.61. The molecule has 5 heterocycles. The highest BCUT2D eigenvalue weighted by atomic mass is 16.5. The number of anilines is 1. The quantitative estimate of drug-likeness (QED) is 0.537. The summed E-state index contributed by atoms with van der Waals surface area (Å²) >= 11 is 0. The summed E-state index contributed by atoms with van der Waals surface area (Å²) in [7, 11) is 0. The van der Waals surface area contributed by atoms with Crippen LogP contribution in [0, 0.1) is 0 Å². The Balaban J connectivity index is 1.38. The molecule has 9 nitrogen and oxygen atoms in total. The van der Waals surface area contributed by atoms with E-state index in [1.807, 2.05) is 24.3 Å². The van der Waals surface area contributed by atoms with Gasteiger partial charge < -0.3 is 24.5 Å². The van der Waals surface area contributed by atoms with Crippen LogP contribution in [0.25, 0.3) is 28.1 Å². The van der Waals surface area contributed by atoms with Crippen LogP contribution in [0.4, 0.5) is 5.82 Å². The predicted molar refractivity (Wildman–Crippen MR) is 115 cm³/mol. The maximum atomic E-state index is 6.20. The summed E-state index contributed by atoms with van der Waals surface area (Å²) in [6, 6.07) is 8.13. The fourth-order valence-electron chi connectivity index (χ4n) is 4.31. The van der Waals surface area contributed by atoms with E-state index in [-0.39, 0.29) is 18.2 Å². The fraction of sp³-hybridized carbons (Fsp3) is 0.409. The summed E-state index contributed by atoms with van der Waals surface area (Å²) in [6.45, 7) is 4.33. The molecule has 1 saturated heterocycles. The van der Waals surface area contributed by atoms with Gasteiger partial charge in [-0.1, -0.05) is 0 Å². The summed E-state index contributed by atoms with van der Waals surface area (Å²) in [5.74, 6) is 2.16. The standard InChI is InChI=1S/C22H24N6O3/c1-13-12-29-7-6-27(13)22-16-10-19(31-18(16)4-5-24-22)17-11-25-20-2-3-21(26-28(17)20)30-15-8-14(23)9-15/h2-5,10-11,13-15H,6-9,12,23H2,1H3/t13-,14?,15?/m0/s1. The summed E-state index contributed by atoms with van der Waals surface area (Å²) in [5.41, 5.74) is 8.14. The van der Waals surface area contributed by atoms with Crippen molar-refractivity contribution >= 4 is 22.4 Å². The summed E-state index contributed by atoms with van der Waals surface area (Å²) < 4.78 is 19.5. The Bertz CT molecular complexity index is 1240. The molecule has 160 valence electrons. The third kappa shape index (κ3) is 3.21. The Morgan fingerprint density at radius 3 is 2.94 bits per heavy atom. The monoisotopic (exact) mass is 420 g/mol. The van der Waals surface area contributed by atoms with Crippen LogP contribution < -0.4 is 15.4 Å². The molecule has 4 aromatic rings. The molecule has 0 amide bonds. The van der Waals surface area contributed by atoms with Crippen molar-refractivity contribution in [1.82, 2.24) is 19.6 Å². The average molecular weight is 420 g/mol. The Morgan fingerprint density at radius 2 is 2.10 bits per heavy atom. The van der Waals surface area contributed by atoms with Crippen molar-refractivity contribution in [2.75, 3.05) is 24.7 Å². The van der Waals surface area contributed by atoms with Crippen LogP contribution in [-0.2, 0) is 4.74 Å².